The molecule has 2 amide bonds. The van der Waals surface area contributed by atoms with Gasteiger partial charge in [-0.15, -0.1) is 11.8 Å². The molecule has 1 aliphatic heterocycles. The van der Waals surface area contributed by atoms with E-state index >= 15 is 0 Å². The number of halogens is 1. The Morgan fingerprint density at radius 1 is 1.27 bits per heavy atom. The van der Waals surface area contributed by atoms with Crippen LogP contribution < -0.4 is 5.32 Å². The van der Waals surface area contributed by atoms with E-state index in [1.165, 1.54) is 18.4 Å². The fraction of sp³-hybridized carbons (Fsp3) is 0.368. The van der Waals surface area contributed by atoms with Crippen LogP contribution in [0.15, 0.2) is 52.0 Å². The highest BCUT2D eigenvalue weighted by Crippen LogP contribution is 2.21. The van der Waals surface area contributed by atoms with E-state index in [0.717, 1.165) is 23.5 Å². The van der Waals surface area contributed by atoms with Crippen LogP contribution in [0.4, 0.5) is 4.39 Å². The molecule has 2 heterocycles. The summed E-state index contributed by atoms with van der Waals surface area (Å²) in [6.07, 6.45) is 3.73. The zero-order valence-corrected chi connectivity index (χ0v) is 15.1. The Balaban J connectivity index is 1.41. The zero-order valence-electron chi connectivity index (χ0n) is 14.3. The fourth-order valence-corrected chi connectivity index (χ4v) is 3.80. The highest BCUT2D eigenvalue weighted by atomic mass is 32.2. The molecule has 0 spiro atoms. The van der Waals surface area contributed by atoms with E-state index in [1.807, 2.05) is 0 Å². The van der Waals surface area contributed by atoms with Crippen LogP contribution in [0.1, 0.15) is 29.8 Å². The number of hydrogen-bond acceptors (Lipinski definition) is 4. The van der Waals surface area contributed by atoms with Gasteiger partial charge in [-0.2, -0.15) is 0 Å². The minimum Gasteiger partial charge on any atom is -0.459 e. The SMILES string of the molecule is O=C(NCCCSc1ccc(F)cc1)C1CCCN1C(=O)c1ccco1. The molecule has 138 valence electrons. The van der Waals surface area contributed by atoms with Crippen molar-refractivity contribution in [1.82, 2.24) is 10.2 Å². The number of benzene rings is 1. The summed E-state index contributed by atoms with van der Waals surface area (Å²) in [6.45, 7) is 1.12. The lowest BCUT2D eigenvalue weighted by Gasteiger charge is -2.23. The molecule has 7 heteroatoms. The molecule has 1 aromatic heterocycles. The van der Waals surface area contributed by atoms with E-state index in [0.29, 0.717) is 19.5 Å². The molecule has 1 saturated heterocycles. The average molecular weight is 376 g/mol. The summed E-state index contributed by atoms with van der Waals surface area (Å²) >= 11 is 1.62. The quantitative estimate of drug-likeness (QED) is 0.595. The number of likely N-dealkylation sites (tertiary alicyclic amines) is 1. The van der Waals surface area contributed by atoms with Gasteiger partial charge in [0, 0.05) is 18.0 Å². The lowest BCUT2D eigenvalue weighted by atomic mass is 10.2. The van der Waals surface area contributed by atoms with Crippen LogP contribution in [0.25, 0.3) is 0 Å². The number of nitrogens with zero attached hydrogens (tertiary/aromatic N) is 1. The first-order valence-corrected chi connectivity index (χ1v) is 9.64. The van der Waals surface area contributed by atoms with Gasteiger partial charge in [0.25, 0.3) is 5.91 Å². The van der Waals surface area contributed by atoms with Crippen molar-refractivity contribution in [2.75, 3.05) is 18.8 Å². The maximum Gasteiger partial charge on any atom is 0.290 e. The third-order valence-electron chi connectivity index (χ3n) is 4.25. The van der Waals surface area contributed by atoms with Crippen LogP contribution in [-0.4, -0.2) is 41.6 Å². The van der Waals surface area contributed by atoms with Crippen molar-refractivity contribution in [1.29, 1.82) is 0 Å². The van der Waals surface area contributed by atoms with Crippen molar-refractivity contribution in [3.63, 3.8) is 0 Å². The second-order valence-corrected chi connectivity index (χ2v) is 7.25. The minimum atomic E-state index is -0.433. The minimum absolute atomic E-state index is 0.116. The lowest BCUT2D eigenvalue weighted by Crippen LogP contribution is -2.46. The third kappa shape index (κ3) is 4.66. The number of rotatable bonds is 7. The summed E-state index contributed by atoms with van der Waals surface area (Å²) in [5.74, 6) is 0.493. The fourth-order valence-electron chi connectivity index (χ4n) is 2.95. The van der Waals surface area contributed by atoms with Gasteiger partial charge >= 0.3 is 0 Å². The van der Waals surface area contributed by atoms with Crippen LogP contribution in [0.5, 0.6) is 0 Å². The molecule has 1 atom stereocenters. The number of nitrogens with one attached hydrogen (secondary N) is 1. The molecular weight excluding hydrogens is 355 g/mol. The normalized spacial score (nSPS) is 16.7. The van der Waals surface area contributed by atoms with Crippen molar-refractivity contribution in [3.05, 3.63) is 54.2 Å². The second-order valence-electron chi connectivity index (χ2n) is 6.08. The van der Waals surface area contributed by atoms with Gasteiger partial charge in [0.05, 0.1) is 6.26 Å². The molecule has 3 rings (SSSR count). The standard InChI is InChI=1S/C19H21FN2O3S/c20-14-6-8-15(9-7-14)26-13-3-10-21-18(23)16-4-1-11-22(16)19(24)17-5-2-12-25-17/h2,5-9,12,16H,1,3-4,10-11,13H2,(H,21,23). The number of carbonyl (C=O) groups is 2. The van der Waals surface area contributed by atoms with Gasteiger partial charge in [0.1, 0.15) is 11.9 Å². The molecule has 5 nitrogen and oxygen atoms in total. The van der Waals surface area contributed by atoms with Crippen molar-refractivity contribution in [2.45, 2.75) is 30.2 Å². The molecule has 0 aliphatic carbocycles. The maximum atomic E-state index is 12.9. The van der Waals surface area contributed by atoms with E-state index < -0.39 is 6.04 Å². The highest BCUT2D eigenvalue weighted by molar-refractivity contribution is 7.99. The molecule has 0 bridgehead atoms. The average Bonchev–Trinajstić information content (AvgIpc) is 3.34. The van der Waals surface area contributed by atoms with Crippen LogP contribution in [0.2, 0.25) is 0 Å². The Bertz CT molecular complexity index is 734. The lowest BCUT2D eigenvalue weighted by molar-refractivity contribution is -0.124. The van der Waals surface area contributed by atoms with Crippen LogP contribution in [0.3, 0.4) is 0 Å². The Kier molecular flexibility index (Phi) is 6.33. The van der Waals surface area contributed by atoms with Gasteiger partial charge in [0.2, 0.25) is 5.91 Å². The Morgan fingerprint density at radius 2 is 2.08 bits per heavy atom. The van der Waals surface area contributed by atoms with Crippen molar-refractivity contribution in [3.8, 4) is 0 Å². The highest BCUT2D eigenvalue weighted by Gasteiger charge is 2.35. The van der Waals surface area contributed by atoms with Gasteiger partial charge in [-0.25, -0.2) is 4.39 Å². The Labute approximate surface area is 155 Å². The van der Waals surface area contributed by atoms with Crippen LogP contribution in [0, 0.1) is 5.82 Å². The predicted molar refractivity (Wildman–Crippen MR) is 97.5 cm³/mol. The summed E-state index contributed by atoms with van der Waals surface area (Å²) in [5.41, 5.74) is 0. The number of furan rings is 1. The van der Waals surface area contributed by atoms with Gasteiger partial charge in [0.15, 0.2) is 5.76 Å². The van der Waals surface area contributed by atoms with Gasteiger partial charge < -0.3 is 14.6 Å². The van der Waals surface area contributed by atoms with Gasteiger partial charge in [-0.1, -0.05) is 0 Å². The molecule has 26 heavy (non-hydrogen) atoms. The number of thioether (sulfide) groups is 1. The van der Waals surface area contributed by atoms with Crippen LogP contribution in [-0.2, 0) is 4.79 Å². The van der Waals surface area contributed by atoms with E-state index in [4.69, 9.17) is 4.42 Å². The van der Waals surface area contributed by atoms with E-state index in [-0.39, 0.29) is 23.4 Å². The first-order valence-electron chi connectivity index (χ1n) is 8.66. The van der Waals surface area contributed by atoms with Gasteiger partial charge in [-0.05, 0) is 61.4 Å². The predicted octanol–water partition coefficient (Wildman–Crippen LogP) is 3.32. The molecule has 0 saturated carbocycles. The number of amides is 2. The van der Waals surface area contributed by atoms with Gasteiger partial charge in [-0.3, -0.25) is 9.59 Å². The summed E-state index contributed by atoms with van der Waals surface area (Å²) in [6, 6.07) is 9.21. The zero-order chi connectivity index (χ0) is 18.4. The monoisotopic (exact) mass is 376 g/mol. The molecule has 2 aromatic rings. The van der Waals surface area contributed by atoms with E-state index in [2.05, 4.69) is 5.32 Å². The van der Waals surface area contributed by atoms with Crippen molar-refractivity contribution >= 4 is 23.6 Å². The topological polar surface area (TPSA) is 62.6 Å². The van der Waals surface area contributed by atoms with E-state index in [1.54, 1.807) is 40.9 Å². The first-order chi connectivity index (χ1) is 12.6. The Morgan fingerprint density at radius 3 is 2.81 bits per heavy atom. The van der Waals surface area contributed by atoms with E-state index in [9.17, 15) is 14.0 Å². The largest absolute Gasteiger partial charge is 0.459 e. The smallest absolute Gasteiger partial charge is 0.290 e. The van der Waals surface area contributed by atoms with Crippen molar-refractivity contribution in [2.24, 2.45) is 0 Å². The van der Waals surface area contributed by atoms with Crippen molar-refractivity contribution < 1.29 is 18.4 Å². The van der Waals surface area contributed by atoms with Crippen LogP contribution >= 0.6 is 11.8 Å². The first kappa shape index (κ1) is 18.5. The molecule has 0 radical (unpaired) electrons. The number of hydrogen-bond donors (Lipinski definition) is 1. The summed E-state index contributed by atoms with van der Waals surface area (Å²) in [7, 11) is 0. The maximum absolute atomic E-state index is 12.9. The molecule has 1 N–H and O–H groups in total. The number of carbonyl (C=O) groups excluding carboxylic acids is 2. The molecule has 1 aliphatic rings. The second kappa shape index (κ2) is 8.89. The molecule has 1 aromatic carbocycles. The molecular formula is C19H21FN2O3S. The Hall–Kier alpha value is -2.28. The molecule has 1 unspecified atom stereocenters. The summed E-state index contributed by atoms with van der Waals surface area (Å²) < 4.78 is 18.0. The summed E-state index contributed by atoms with van der Waals surface area (Å²) in [4.78, 5) is 27.4. The third-order valence-corrected chi connectivity index (χ3v) is 5.35. The summed E-state index contributed by atoms with van der Waals surface area (Å²) in [5, 5.41) is 2.91. The molecule has 1 fully saturated rings.